The number of nitrogens with one attached hydrogen (secondary N) is 1. The Hall–Kier alpha value is -4.65. The van der Waals surface area contributed by atoms with Gasteiger partial charge in [-0.05, 0) is 68.9 Å². The molecule has 10 nitrogen and oxygen atoms in total. The van der Waals surface area contributed by atoms with Crippen LogP contribution in [0.25, 0.3) is 22.2 Å². The van der Waals surface area contributed by atoms with Gasteiger partial charge in [-0.1, -0.05) is 0 Å². The van der Waals surface area contributed by atoms with Gasteiger partial charge in [0.05, 0.1) is 25.4 Å². The molecule has 2 saturated carbocycles. The lowest BCUT2D eigenvalue weighted by Crippen LogP contribution is -2.44. The van der Waals surface area contributed by atoms with Crippen molar-refractivity contribution in [2.24, 2.45) is 11.7 Å². The van der Waals surface area contributed by atoms with Crippen LogP contribution in [-0.4, -0.2) is 51.9 Å². The molecule has 2 fully saturated rings. The van der Waals surface area contributed by atoms with Crippen LogP contribution in [0.4, 0.5) is 13.2 Å². The normalized spacial score (nSPS) is 20.4. The topological polar surface area (TPSA) is 142 Å². The molecule has 3 heterocycles. The minimum Gasteiger partial charge on any atom is -0.494 e. The van der Waals surface area contributed by atoms with Crippen molar-refractivity contribution in [1.29, 1.82) is 0 Å². The van der Waals surface area contributed by atoms with Crippen molar-refractivity contribution < 1.29 is 37.3 Å². The summed E-state index contributed by atoms with van der Waals surface area (Å²) in [5, 5.41) is 20.3. The molecule has 3 aliphatic rings. The number of nitrogens with zero attached hydrogens (tertiary/aromatic N) is 3. The molecule has 2 amide bonds. The van der Waals surface area contributed by atoms with Crippen molar-refractivity contribution in [3.63, 3.8) is 0 Å². The number of ether oxygens (including phenoxy) is 2. The zero-order valence-electron chi connectivity index (χ0n) is 24.5. The number of amides is 2. The van der Waals surface area contributed by atoms with E-state index >= 15 is 0 Å². The van der Waals surface area contributed by atoms with Gasteiger partial charge in [-0.25, -0.2) is 18.2 Å². The second-order valence-corrected chi connectivity index (χ2v) is 12.3. The van der Waals surface area contributed by atoms with Crippen molar-refractivity contribution in [1.82, 2.24) is 20.1 Å². The number of carbonyl (C=O) groups excluding carboxylic acids is 2. The molecule has 4 N–H and O–H groups in total. The zero-order valence-corrected chi connectivity index (χ0v) is 24.5. The first-order chi connectivity index (χ1) is 21.4. The summed E-state index contributed by atoms with van der Waals surface area (Å²) in [6.07, 6.45) is 5.19. The van der Waals surface area contributed by atoms with Crippen molar-refractivity contribution in [3.05, 3.63) is 70.8 Å². The molecule has 0 spiro atoms. The van der Waals surface area contributed by atoms with Gasteiger partial charge in [0.25, 0.3) is 5.91 Å². The Morgan fingerprint density at radius 1 is 1.16 bits per heavy atom. The molecule has 2 aliphatic carbocycles. The summed E-state index contributed by atoms with van der Waals surface area (Å²) in [5.41, 5.74) is 3.61. The third-order valence-electron chi connectivity index (χ3n) is 9.08. The molecule has 4 aromatic rings. The van der Waals surface area contributed by atoms with Crippen LogP contribution in [-0.2, 0) is 15.8 Å². The molecule has 45 heavy (non-hydrogen) atoms. The molecule has 2 atom stereocenters. The number of rotatable bonds is 9. The molecule has 0 bridgehead atoms. The van der Waals surface area contributed by atoms with Gasteiger partial charge < -0.3 is 25.6 Å². The van der Waals surface area contributed by atoms with E-state index in [1.807, 2.05) is 10.9 Å². The largest absolute Gasteiger partial charge is 0.494 e. The Kier molecular flexibility index (Phi) is 6.59. The van der Waals surface area contributed by atoms with Crippen LogP contribution in [0.15, 0.2) is 36.5 Å². The number of hydrogen-bond donors (Lipinski definition) is 3. The van der Waals surface area contributed by atoms with Crippen LogP contribution < -0.4 is 20.5 Å². The molecule has 0 radical (unpaired) electrons. The summed E-state index contributed by atoms with van der Waals surface area (Å²) in [6, 6.07) is 6.63. The van der Waals surface area contributed by atoms with Crippen molar-refractivity contribution >= 4 is 22.7 Å². The lowest BCUT2D eigenvalue weighted by molar-refractivity contribution is -0.123. The summed E-state index contributed by atoms with van der Waals surface area (Å²) in [5.74, 6) is -5.59. The Morgan fingerprint density at radius 3 is 2.49 bits per heavy atom. The standard InChI is InChI=1S/C32H30F3N5O5/c1-31(30(36)42)14-45-28-20(31)11-24(38-27(28)15-8-21(33)25(35)22(34)9-15)32(43,18-3-4-18)13-37-29(41)16-7-17-12-40(19-5-6-19)39-26(17)23(10-16)44-2/h7-12,18-19,43H,3-6,13-14H2,1-2H3,(H2,36,42)(H,37,41)/t31-,32+/m0/s1. The van der Waals surface area contributed by atoms with Crippen LogP contribution >= 0.6 is 0 Å². The Bertz CT molecular complexity index is 1880. The molecule has 7 rings (SSSR count). The average Bonchev–Trinajstić information content (AvgIpc) is 3.97. The number of fused-ring (bicyclic) bond motifs is 2. The first kappa shape index (κ1) is 29.1. The van der Waals surface area contributed by atoms with E-state index in [1.165, 1.54) is 13.2 Å². The number of aliphatic hydroxyl groups is 1. The number of methoxy groups -OCH3 is 1. The number of hydrogen-bond acceptors (Lipinski definition) is 7. The molecular formula is C32H30F3N5O5. The van der Waals surface area contributed by atoms with Crippen LogP contribution in [0.5, 0.6) is 11.5 Å². The minimum atomic E-state index is -1.75. The van der Waals surface area contributed by atoms with Crippen molar-refractivity contribution in [2.45, 2.75) is 49.7 Å². The van der Waals surface area contributed by atoms with E-state index in [0.717, 1.165) is 30.4 Å². The SMILES string of the molecule is COc1cc(C(=O)NC[C@](O)(c2cc3c(c(-c4cc(F)c(F)c(F)c4)n2)OC[C@]3(C)C(N)=O)C2CC2)cc2cn(C3CC3)nc12. The van der Waals surface area contributed by atoms with E-state index in [2.05, 4.69) is 15.4 Å². The number of benzene rings is 2. The third-order valence-corrected chi connectivity index (χ3v) is 9.08. The predicted molar refractivity (Wildman–Crippen MR) is 155 cm³/mol. The van der Waals surface area contributed by atoms with Crippen LogP contribution in [0, 0.1) is 23.4 Å². The highest BCUT2D eigenvalue weighted by Crippen LogP contribution is 2.50. The molecular weight excluding hydrogens is 591 g/mol. The van der Waals surface area contributed by atoms with Crippen molar-refractivity contribution in [3.8, 4) is 22.8 Å². The van der Waals surface area contributed by atoms with Gasteiger partial charge in [0.15, 0.2) is 17.5 Å². The van der Waals surface area contributed by atoms with E-state index in [0.29, 0.717) is 35.7 Å². The number of aromatic nitrogens is 3. The highest BCUT2D eigenvalue weighted by atomic mass is 19.2. The van der Waals surface area contributed by atoms with E-state index < -0.39 is 40.3 Å². The van der Waals surface area contributed by atoms with Crippen molar-refractivity contribution in [2.75, 3.05) is 20.3 Å². The van der Waals surface area contributed by atoms with Gasteiger partial charge in [0.2, 0.25) is 5.91 Å². The average molecular weight is 622 g/mol. The molecule has 0 unspecified atom stereocenters. The maximum Gasteiger partial charge on any atom is 0.251 e. The zero-order chi connectivity index (χ0) is 31.8. The second-order valence-electron chi connectivity index (χ2n) is 12.3. The van der Waals surface area contributed by atoms with Gasteiger partial charge in [-0.3, -0.25) is 14.3 Å². The molecule has 13 heteroatoms. The quantitative estimate of drug-likeness (QED) is 0.240. The Balaban J connectivity index is 1.27. The van der Waals surface area contributed by atoms with Gasteiger partial charge >= 0.3 is 0 Å². The molecule has 2 aromatic heterocycles. The minimum absolute atomic E-state index is 0.0415. The van der Waals surface area contributed by atoms with E-state index in [1.54, 1.807) is 19.1 Å². The lowest BCUT2D eigenvalue weighted by atomic mass is 9.81. The fraction of sp³-hybridized carbons (Fsp3) is 0.375. The molecule has 1 aliphatic heterocycles. The van der Waals surface area contributed by atoms with E-state index in [9.17, 15) is 27.9 Å². The highest BCUT2D eigenvalue weighted by Gasteiger charge is 2.50. The first-order valence-corrected chi connectivity index (χ1v) is 14.6. The summed E-state index contributed by atoms with van der Waals surface area (Å²) < 4.78 is 55.7. The predicted octanol–water partition coefficient (Wildman–Crippen LogP) is 4.02. The summed E-state index contributed by atoms with van der Waals surface area (Å²) >= 11 is 0. The number of primary amides is 1. The number of pyridine rings is 1. The summed E-state index contributed by atoms with van der Waals surface area (Å²) in [7, 11) is 1.50. The van der Waals surface area contributed by atoms with Gasteiger partial charge in [-0.2, -0.15) is 5.10 Å². The molecule has 2 aromatic carbocycles. The smallest absolute Gasteiger partial charge is 0.251 e. The number of carbonyl (C=O) groups is 2. The Labute approximate surface area is 255 Å². The van der Waals surface area contributed by atoms with Gasteiger partial charge in [0.1, 0.15) is 40.3 Å². The number of halogens is 3. The monoisotopic (exact) mass is 621 g/mol. The van der Waals surface area contributed by atoms with Gasteiger partial charge in [-0.15, -0.1) is 0 Å². The highest BCUT2D eigenvalue weighted by molar-refractivity contribution is 6.00. The fourth-order valence-electron chi connectivity index (χ4n) is 5.95. The van der Waals surface area contributed by atoms with Gasteiger partial charge in [0, 0.05) is 28.3 Å². The van der Waals surface area contributed by atoms with E-state index in [4.69, 9.17) is 15.2 Å². The first-order valence-electron chi connectivity index (χ1n) is 14.6. The van der Waals surface area contributed by atoms with E-state index in [-0.39, 0.29) is 47.3 Å². The fourth-order valence-corrected chi connectivity index (χ4v) is 5.95. The lowest BCUT2D eigenvalue weighted by Gasteiger charge is -2.30. The second kappa shape index (κ2) is 10.2. The summed E-state index contributed by atoms with van der Waals surface area (Å²) in [6.45, 7) is 1.10. The maximum atomic E-state index is 14.3. The maximum absolute atomic E-state index is 14.3. The van der Waals surface area contributed by atoms with Crippen LogP contribution in [0.2, 0.25) is 0 Å². The van der Waals surface area contributed by atoms with Crippen LogP contribution in [0.1, 0.15) is 60.3 Å². The third kappa shape index (κ3) is 4.76. The molecule has 0 saturated heterocycles. The van der Waals surface area contributed by atoms with Crippen LogP contribution in [0.3, 0.4) is 0 Å². The molecule has 234 valence electrons. The summed E-state index contributed by atoms with van der Waals surface area (Å²) in [4.78, 5) is 30.6. The Morgan fingerprint density at radius 2 is 1.87 bits per heavy atom. The number of nitrogens with two attached hydrogens (primary N) is 1.